The number of anilines is 1. The Balaban J connectivity index is 1.84. The Morgan fingerprint density at radius 1 is 1.35 bits per heavy atom. The van der Waals surface area contributed by atoms with E-state index in [1.54, 1.807) is 24.4 Å². The van der Waals surface area contributed by atoms with Crippen LogP contribution in [0.1, 0.15) is 12.8 Å². The molecule has 9 heteroatoms. The van der Waals surface area contributed by atoms with Gasteiger partial charge in [-0.2, -0.15) is 5.10 Å². The maximum Gasteiger partial charge on any atom is 0.232 e. The van der Waals surface area contributed by atoms with E-state index in [-0.39, 0.29) is 17.3 Å². The van der Waals surface area contributed by atoms with E-state index >= 15 is 0 Å². The Hall–Kier alpha value is -2.23. The number of nitrogens with two attached hydrogens (primary N) is 1. The molecule has 2 heterocycles. The van der Waals surface area contributed by atoms with Crippen molar-refractivity contribution >= 4 is 21.4 Å². The van der Waals surface area contributed by atoms with Crippen LogP contribution in [0.4, 0.5) is 5.69 Å². The smallest absolute Gasteiger partial charge is 0.232 e. The first-order valence-corrected chi connectivity index (χ1v) is 10.2. The summed E-state index contributed by atoms with van der Waals surface area (Å²) in [6, 6.07) is 6.57. The van der Waals surface area contributed by atoms with E-state index in [4.69, 9.17) is 10.5 Å². The molecule has 3 N–H and O–H groups in total. The molecule has 140 valence electrons. The lowest BCUT2D eigenvalue weighted by atomic mass is 9.79. The van der Waals surface area contributed by atoms with Gasteiger partial charge in [0.25, 0.3) is 0 Å². The number of aromatic nitrogens is 2. The standard InChI is InChI=1S/C17H22N4O4S/c1-26(23,24)15-5-3-2-4-14(15)21-11-13(10-19-21)20-16(22)17(12-18)6-8-25-9-7-17/h2-5,10-11H,6-9,12,18H2,1H3,(H,20,22). The molecule has 1 aromatic heterocycles. The number of carbonyl (C=O) groups is 1. The minimum atomic E-state index is -3.40. The van der Waals surface area contributed by atoms with E-state index in [2.05, 4.69) is 10.4 Å². The van der Waals surface area contributed by atoms with Crippen molar-refractivity contribution < 1.29 is 17.9 Å². The first-order valence-electron chi connectivity index (χ1n) is 8.29. The fourth-order valence-electron chi connectivity index (χ4n) is 3.03. The van der Waals surface area contributed by atoms with Crippen LogP contribution >= 0.6 is 0 Å². The van der Waals surface area contributed by atoms with E-state index in [1.807, 2.05) is 0 Å². The highest BCUT2D eigenvalue weighted by Crippen LogP contribution is 2.31. The summed E-state index contributed by atoms with van der Waals surface area (Å²) in [6.45, 7) is 1.25. The Labute approximate surface area is 152 Å². The van der Waals surface area contributed by atoms with Crippen LogP contribution in [0, 0.1) is 5.41 Å². The van der Waals surface area contributed by atoms with E-state index in [1.165, 1.54) is 16.9 Å². The topological polar surface area (TPSA) is 116 Å². The van der Waals surface area contributed by atoms with Crippen LogP contribution in [0.5, 0.6) is 0 Å². The first kappa shape index (κ1) is 18.6. The summed E-state index contributed by atoms with van der Waals surface area (Å²) >= 11 is 0. The predicted molar refractivity (Wildman–Crippen MR) is 96.8 cm³/mol. The third-order valence-corrected chi connectivity index (χ3v) is 5.82. The lowest BCUT2D eigenvalue weighted by Gasteiger charge is -2.34. The van der Waals surface area contributed by atoms with Crippen molar-refractivity contribution in [2.24, 2.45) is 11.1 Å². The number of ether oxygens (including phenoxy) is 1. The predicted octanol–water partition coefficient (Wildman–Crippen LogP) is 0.970. The number of carbonyl (C=O) groups excluding carboxylic acids is 1. The number of sulfone groups is 1. The van der Waals surface area contributed by atoms with Crippen LogP contribution < -0.4 is 11.1 Å². The summed E-state index contributed by atoms with van der Waals surface area (Å²) in [7, 11) is -3.40. The molecule has 0 radical (unpaired) electrons. The van der Waals surface area contributed by atoms with Crippen LogP contribution in [-0.4, -0.2) is 50.1 Å². The van der Waals surface area contributed by atoms with Crippen molar-refractivity contribution in [2.75, 3.05) is 31.3 Å². The van der Waals surface area contributed by atoms with Crippen molar-refractivity contribution in [3.8, 4) is 5.69 Å². The van der Waals surface area contributed by atoms with Gasteiger partial charge in [-0.3, -0.25) is 4.79 Å². The quantitative estimate of drug-likeness (QED) is 0.801. The van der Waals surface area contributed by atoms with Gasteiger partial charge in [0, 0.05) is 26.0 Å². The van der Waals surface area contributed by atoms with Crippen LogP contribution in [0.3, 0.4) is 0 Å². The van der Waals surface area contributed by atoms with Crippen molar-refractivity contribution in [2.45, 2.75) is 17.7 Å². The first-order chi connectivity index (χ1) is 12.4. The second-order valence-electron chi connectivity index (χ2n) is 6.46. The summed E-state index contributed by atoms with van der Waals surface area (Å²) in [5.74, 6) is -0.167. The molecule has 1 saturated heterocycles. The van der Waals surface area contributed by atoms with Gasteiger partial charge < -0.3 is 15.8 Å². The summed E-state index contributed by atoms with van der Waals surface area (Å²) in [4.78, 5) is 12.9. The van der Waals surface area contributed by atoms with E-state index in [0.717, 1.165) is 6.26 Å². The molecule has 2 aromatic rings. The maximum absolute atomic E-state index is 12.7. The number of nitrogens with zero attached hydrogens (tertiary/aromatic N) is 2. The van der Waals surface area contributed by atoms with Crippen LogP contribution in [0.15, 0.2) is 41.6 Å². The van der Waals surface area contributed by atoms with E-state index < -0.39 is 15.3 Å². The highest BCUT2D eigenvalue weighted by Gasteiger charge is 2.38. The van der Waals surface area contributed by atoms with Crippen molar-refractivity contribution in [1.82, 2.24) is 9.78 Å². The molecule has 26 heavy (non-hydrogen) atoms. The maximum atomic E-state index is 12.7. The molecule has 1 amide bonds. The van der Waals surface area contributed by atoms with Crippen LogP contribution in [-0.2, 0) is 19.4 Å². The fourth-order valence-corrected chi connectivity index (χ4v) is 3.90. The van der Waals surface area contributed by atoms with Crippen LogP contribution in [0.25, 0.3) is 5.69 Å². The lowest BCUT2D eigenvalue weighted by Crippen LogP contribution is -2.46. The molecular formula is C17H22N4O4S. The Bertz CT molecular complexity index is 901. The van der Waals surface area contributed by atoms with Gasteiger partial charge in [0.2, 0.25) is 5.91 Å². The minimum absolute atomic E-state index is 0.167. The van der Waals surface area contributed by atoms with E-state index in [9.17, 15) is 13.2 Å². The fraction of sp³-hybridized carbons (Fsp3) is 0.412. The largest absolute Gasteiger partial charge is 0.381 e. The highest BCUT2D eigenvalue weighted by atomic mass is 32.2. The van der Waals surface area contributed by atoms with Gasteiger partial charge in [-0.05, 0) is 25.0 Å². The summed E-state index contributed by atoms with van der Waals surface area (Å²) in [6.07, 6.45) is 5.36. The zero-order valence-electron chi connectivity index (χ0n) is 14.5. The summed E-state index contributed by atoms with van der Waals surface area (Å²) in [5.41, 5.74) is 6.12. The molecule has 1 aromatic carbocycles. The zero-order valence-corrected chi connectivity index (χ0v) is 15.3. The monoisotopic (exact) mass is 378 g/mol. The van der Waals surface area contributed by atoms with Crippen molar-refractivity contribution in [1.29, 1.82) is 0 Å². The number of hydrogen-bond acceptors (Lipinski definition) is 6. The molecule has 1 aliphatic rings. The number of benzene rings is 1. The van der Waals surface area contributed by atoms with Crippen LogP contribution in [0.2, 0.25) is 0 Å². The van der Waals surface area contributed by atoms with Gasteiger partial charge in [0.1, 0.15) is 0 Å². The molecule has 1 aliphatic heterocycles. The molecule has 0 saturated carbocycles. The SMILES string of the molecule is CS(=O)(=O)c1ccccc1-n1cc(NC(=O)C2(CN)CCOCC2)cn1. The number of nitrogens with one attached hydrogen (secondary N) is 1. The zero-order chi connectivity index (χ0) is 18.8. The van der Waals surface area contributed by atoms with E-state index in [0.29, 0.717) is 37.4 Å². The Morgan fingerprint density at radius 2 is 2.04 bits per heavy atom. The number of rotatable bonds is 5. The lowest BCUT2D eigenvalue weighted by molar-refractivity contribution is -0.130. The molecule has 0 atom stereocenters. The molecule has 0 unspecified atom stereocenters. The highest BCUT2D eigenvalue weighted by molar-refractivity contribution is 7.90. The Morgan fingerprint density at radius 3 is 2.69 bits per heavy atom. The molecular weight excluding hydrogens is 356 g/mol. The third-order valence-electron chi connectivity index (χ3n) is 4.67. The van der Waals surface area contributed by atoms with Gasteiger partial charge in [-0.25, -0.2) is 13.1 Å². The van der Waals surface area contributed by atoms with Gasteiger partial charge >= 0.3 is 0 Å². The van der Waals surface area contributed by atoms with Gasteiger partial charge in [0.05, 0.1) is 34.1 Å². The number of para-hydroxylation sites is 1. The van der Waals surface area contributed by atoms with Crippen molar-refractivity contribution in [3.05, 3.63) is 36.7 Å². The number of amides is 1. The average Bonchev–Trinajstić information content (AvgIpc) is 3.10. The van der Waals surface area contributed by atoms with Gasteiger partial charge in [-0.1, -0.05) is 12.1 Å². The second kappa shape index (κ2) is 7.18. The molecule has 0 aliphatic carbocycles. The summed E-state index contributed by atoms with van der Waals surface area (Å²) in [5, 5.41) is 7.03. The second-order valence-corrected chi connectivity index (χ2v) is 8.45. The minimum Gasteiger partial charge on any atom is -0.381 e. The molecule has 8 nitrogen and oxygen atoms in total. The third kappa shape index (κ3) is 3.64. The normalized spacial score (nSPS) is 17.0. The molecule has 1 fully saturated rings. The molecule has 3 rings (SSSR count). The van der Waals surface area contributed by atoms with Gasteiger partial charge in [-0.15, -0.1) is 0 Å². The summed E-state index contributed by atoms with van der Waals surface area (Å²) < 4.78 is 30.7. The Kier molecular flexibility index (Phi) is 5.12. The number of hydrogen-bond donors (Lipinski definition) is 2. The molecule has 0 spiro atoms. The van der Waals surface area contributed by atoms with Gasteiger partial charge in [0.15, 0.2) is 9.84 Å². The molecule has 0 bridgehead atoms. The van der Waals surface area contributed by atoms with Crippen molar-refractivity contribution in [3.63, 3.8) is 0 Å². The average molecular weight is 378 g/mol.